The van der Waals surface area contributed by atoms with E-state index in [4.69, 9.17) is 14.6 Å². The van der Waals surface area contributed by atoms with Gasteiger partial charge in [0, 0.05) is 23.4 Å². The molecule has 1 aliphatic heterocycles. The highest BCUT2D eigenvalue weighted by Gasteiger charge is 2.60. The third-order valence-corrected chi connectivity index (χ3v) is 4.39. The van der Waals surface area contributed by atoms with Crippen molar-refractivity contribution in [3.8, 4) is 5.75 Å². The van der Waals surface area contributed by atoms with Crippen molar-refractivity contribution in [2.45, 2.75) is 18.3 Å². The first-order valence-corrected chi connectivity index (χ1v) is 7.43. The van der Waals surface area contributed by atoms with E-state index < -0.39 is 5.97 Å². The van der Waals surface area contributed by atoms with Crippen molar-refractivity contribution < 1.29 is 24.2 Å². The van der Waals surface area contributed by atoms with Gasteiger partial charge in [0.05, 0.1) is 13.2 Å². The minimum Gasteiger partial charge on any atom is -0.493 e. The zero-order valence-electron chi connectivity index (χ0n) is 12.2. The van der Waals surface area contributed by atoms with Crippen molar-refractivity contribution in [3.05, 3.63) is 29.8 Å². The predicted octanol–water partition coefficient (Wildman–Crippen LogP) is 0.944. The lowest BCUT2D eigenvalue weighted by molar-refractivity contribution is -0.142. The highest BCUT2D eigenvalue weighted by Crippen LogP contribution is 2.60. The summed E-state index contributed by atoms with van der Waals surface area (Å²) in [4.78, 5) is 22.6. The molecule has 0 unspecified atom stereocenters. The van der Waals surface area contributed by atoms with E-state index in [0.717, 1.165) is 24.2 Å². The SMILES string of the molecule is O=C(O)COCCNC(=O)[C@@H]1C[C@]12CCOc1ccccc12. The number of amides is 1. The highest BCUT2D eigenvalue weighted by atomic mass is 16.5. The van der Waals surface area contributed by atoms with E-state index in [9.17, 15) is 9.59 Å². The lowest BCUT2D eigenvalue weighted by atomic mass is 9.87. The minimum atomic E-state index is -1.01. The molecule has 1 amide bonds. The topological polar surface area (TPSA) is 84.9 Å². The van der Waals surface area contributed by atoms with Gasteiger partial charge in [0.1, 0.15) is 12.4 Å². The van der Waals surface area contributed by atoms with Crippen LogP contribution in [0.15, 0.2) is 24.3 Å². The molecule has 3 rings (SSSR count). The van der Waals surface area contributed by atoms with Crippen molar-refractivity contribution >= 4 is 11.9 Å². The lowest BCUT2D eigenvalue weighted by Gasteiger charge is -2.26. The number of hydrogen-bond acceptors (Lipinski definition) is 4. The number of hydrogen-bond donors (Lipinski definition) is 2. The molecule has 6 heteroatoms. The average Bonchev–Trinajstić information content (AvgIpc) is 3.22. The Labute approximate surface area is 128 Å². The van der Waals surface area contributed by atoms with Crippen molar-refractivity contribution in [3.63, 3.8) is 0 Å². The molecular formula is C16H19NO5. The van der Waals surface area contributed by atoms with Crippen LogP contribution in [0.1, 0.15) is 18.4 Å². The fraction of sp³-hybridized carbons (Fsp3) is 0.500. The van der Waals surface area contributed by atoms with Crippen LogP contribution in [0.5, 0.6) is 5.75 Å². The number of rotatable bonds is 6. The molecule has 1 aliphatic carbocycles. The second kappa shape index (κ2) is 5.96. The summed E-state index contributed by atoms with van der Waals surface area (Å²) >= 11 is 0. The van der Waals surface area contributed by atoms with Crippen LogP contribution in [0.2, 0.25) is 0 Å². The predicted molar refractivity (Wildman–Crippen MR) is 77.8 cm³/mol. The van der Waals surface area contributed by atoms with Crippen LogP contribution in [-0.4, -0.2) is 43.3 Å². The van der Waals surface area contributed by atoms with Crippen LogP contribution in [-0.2, 0) is 19.7 Å². The molecule has 0 radical (unpaired) electrons. The monoisotopic (exact) mass is 305 g/mol. The van der Waals surface area contributed by atoms with Gasteiger partial charge in [0.2, 0.25) is 5.91 Å². The molecule has 2 atom stereocenters. The quantitative estimate of drug-likeness (QED) is 0.764. The van der Waals surface area contributed by atoms with Gasteiger partial charge in [0.15, 0.2) is 0 Å². The molecule has 1 aromatic rings. The van der Waals surface area contributed by atoms with Crippen LogP contribution in [0.3, 0.4) is 0 Å². The molecule has 0 saturated heterocycles. The normalized spacial score (nSPS) is 25.2. The van der Waals surface area contributed by atoms with E-state index in [1.807, 2.05) is 24.3 Å². The van der Waals surface area contributed by atoms with Crippen LogP contribution in [0.4, 0.5) is 0 Å². The van der Waals surface area contributed by atoms with Crippen LogP contribution in [0.25, 0.3) is 0 Å². The number of aliphatic carboxylic acids is 1. The summed E-state index contributed by atoms with van der Waals surface area (Å²) in [7, 11) is 0. The smallest absolute Gasteiger partial charge is 0.329 e. The first kappa shape index (κ1) is 14.8. The van der Waals surface area contributed by atoms with Crippen molar-refractivity contribution in [2.24, 2.45) is 5.92 Å². The molecule has 1 spiro atoms. The van der Waals surface area contributed by atoms with E-state index >= 15 is 0 Å². The third-order valence-electron chi connectivity index (χ3n) is 4.39. The van der Waals surface area contributed by atoms with E-state index in [1.54, 1.807) is 0 Å². The molecule has 1 aromatic carbocycles. The van der Waals surface area contributed by atoms with Gasteiger partial charge in [-0.2, -0.15) is 0 Å². The molecule has 2 N–H and O–H groups in total. The van der Waals surface area contributed by atoms with Gasteiger partial charge < -0.3 is 19.9 Å². The Morgan fingerprint density at radius 3 is 3.05 bits per heavy atom. The minimum absolute atomic E-state index is 0.00984. The van der Waals surface area contributed by atoms with E-state index in [-0.39, 0.29) is 30.5 Å². The van der Waals surface area contributed by atoms with E-state index in [0.29, 0.717) is 13.2 Å². The average molecular weight is 305 g/mol. The molecule has 1 heterocycles. The molecule has 1 fully saturated rings. The molecular weight excluding hydrogens is 286 g/mol. The Kier molecular flexibility index (Phi) is 4.02. The molecule has 0 bridgehead atoms. The Morgan fingerprint density at radius 2 is 2.23 bits per heavy atom. The third kappa shape index (κ3) is 2.78. The van der Waals surface area contributed by atoms with E-state index in [1.165, 1.54) is 0 Å². The summed E-state index contributed by atoms with van der Waals surface area (Å²) in [6.45, 7) is 0.838. The zero-order valence-corrected chi connectivity index (χ0v) is 12.2. The molecule has 6 nitrogen and oxygen atoms in total. The summed E-state index contributed by atoms with van der Waals surface area (Å²) in [6, 6.07) is 7.90. The summed E-state index contributed by atoms with van der Waals surface area (Å²) in [6.07, 6.45) is 1.70. The standard InChI is InChI=1S/C16H19NO5/c18-14(19)10-21-8-6-17-15(20)12-9-16(12)5-7-22-13-4-2-1-3-11(13)16/h1-4,12H,5-10H2,(H,17,20)(H,18,19)/t12-,16-/m0/s1. The Hall–Kier alpha value is -2.08. The summed E-state index contributed by atoms with van der Waals surface area (Å²) in [5, 5.41) is 11.3. The number of fused-ring (bicyclic) bond motifs is 2. The second-order valence-electron chi connectivity index (χ2n) is 5.74. The number of para-hydroxylation sites is 1. The largest absolute Gasteiger partial charge is 0.493 e. The van der Waals surface area contributed by atoms with Gasteiger partial charge in [-0.3, -0.25) is 4.79 Å². The number of nitrogens with one attached hydrogen (secondary N) is 1. The number of carbonyl (C=O) groups is 2. The number of carbonyl (C=O) groups excluding carboxylic acids is 1. The lowest BCUT2D eigenvalue weighted by Crippen LogP contribution is -2.33. The molecule has 0 aromatic heterocycles. The van der Waals surface area contributed by atoms with Crippen LogP contribution >= 0.6 is 0 Å². The van der Waals surface area contributed by atoms with Gasteiger partial charge in [-0.05, 0) is 18.9 Å². The number of benzene rings is 1. The maximum atomic E-state index is 12.3. The van der Waals surface area contributed by atoms with Crippen LogP contribution in [0, 0.1) is 5.92 Å². The maximum Gasteiger partial charge on any atom is 0.329 e. The second-order valence-corrected chi connectivity index (χ2v) is 5.74. The number of carboxylic acids is 1. The van der Waals surface area contributed by atoms with Crippen molar-refractivity contribution in [1.29, 1.82) is 0 Å². The molecule has 22 heavy (non-hydrogen) atoms. The van der Waals surface area contributed by atoms with Gasteiger partial charge in [-0.25, -0.2) is 4.79 Å². The van der Waals surface area contributed by atoms with Crippen LogP contribution < -0.4 is 10.1 Å². The number of ether oxygens (including phenoxy) is 2. The Morgan fingerprint density at radius 1 is 1.41 bits per heavy atom. The highest BCUT2D eigenvalue weighted by molar-refractivity contribution is 5.84. The Bertz CT molecular complexity index is 588. The van der Waals surface area contributed by atoms with Gasteiger partial charge >= 0.3 is 5.97 Å². The summed E-state index contributed by atoms with van der Waals surface area (Å²) < 4.78 is 10.6. The first-order valence-electron chi connectivity index (χ1n) is 7.43. The van der Waals surface area contributed by atoms with Gasteiger partial charge in [-0.1, -0.05) is 18.2 Å². The van der Waals surface area contributed by atoms with Gasteiger partial charge in [-0.15, -0.1) is 0 Å². The molecule has 118 valence electrons. The number of carboxylic acid groups (broad SMARTS) is 1. The van der Waals surface area contributed by atoms with Gasteiger partial charge in [0.25, 0.3) is 0 Å². The molecule has 2 aliphatic rings. The fourth-order valence-electron chi connectivity index (χ4n) is 3.23. The maximum absolute atomic E-state index is 12.3. The van der Waals surface area contributed by atoms with E-state index in [2.05, 4.69) is 5.32 Å². The fourth-order valence-corrected chi connectivity index (χ4v) is 3.23. The summed E-state index contributed by atoms with van der Waals surface area (Å²) in [5.41, 5.74) is 1.05. The first-order chi connectivity index (χ1) is 10.6. The summed E-state index contributed by atoms with van der Waals surface area (Å²) in [5.74, 6) is -0.146. The Balaban J connectivity index is 1.54. The van der Waals surface area contributed by atoms with Crippen molar-refractivity contribution in [1.82, 2.24) is 5.32 Å². The van der Waals surface area contributed by atoms with Crippen molar-refractivity contribution in [2.75, 3.05) is 26.4 Å². The molecule has 1 saturated carbocycles. The zero-order chi connectivity index (χ0) is 15.6.